The monoisotopic (exact) mass is 381 g/mol. The molecule has 3 aromatic carbocycles. The van der Waals surface area contributed by atoms with E-state index in [1.807, 2.05) is 81.7 Å². The van der Waals surface area contributed by atoms with Gasteiger partial charge < -0.3 is 4.90 Å². The largest absolute Gasteiger partial charge is 0.378 e. The van der Waals surface area contributed by atoms with E-state index in [0.717, 1.165) is 22.5 Å². The average Bonchev–Trinajstić information content (AvgIpc) is 2.73. The zero-order chi connectivity index (χ0) is 20.4. The fourth-order valence-corrected chi connectivity index (χ4v) is 3.36. The molecule has 0 amide bonds. The van der Waals surface area contributed by atoms with Gasteiger partial charge in [0, 0.05) is 19.8 Å². The van der Waals surface area contributed by atoms with E-state index < -0.39 is 0 Å². The van der Waals surface area contributed by atoms with Crippen LogP contribution in [0.25, 0.3) is 28.7 Å². The lowest BCUT2D eigenvalue weighted by Crippen LogP contribution is -2.23. The Labute approximate surface area is 170 Å². The summed E-state index contributed by atoms with van der Waals surface area (Å²) in [6.07, 6.45) is 3.90. The summed E-state index contributed by atoms with van der Waals surface area (Å²) >= 11 is 0. The first kappa shape index (κ1) is 18.7. The van der Waals surface area contributed by atoms with Gasteiger partial charge in [-0.2, -0.15) is 0 Å². The number of anilines is 1. The van der Waals surface area contributed by atoms with E-state index in [0.29, 0.717) is 16.7 Å². The maximum absolute atomic E-state index is 13.3. The van der Waals surface area contributed by atoms with Crippen molar-refractivity contribution < 1.29 is 0 Å². The number of aromatic nitrogens is 2. The molecule has 0 aliphatic heterocycles. The third-order valence-electron chi connectivity index (χ3n) is 4.99. The molecular weight excluding hydrogens is 358 g/mol. The number of fused-ring (bicyclic) bond motifs is 1. The van der Waals surface area contributed by atoms with Crippen LogP contribution < -0.4 is 10.5 Å². The molecule has 1 heterocycles. The smallest absolute Gasteiger partial charge is 0.266 e. The minimum absolute atomic E-state index is 0.0625. The number of hydrogen-bond acceptors (Lipinski definition) is 3. The Hall–Kier alpha value is -3.66. The van der Waals surface area contributed by atoms with E-state index in [-0.39, 0.29) is 5.56 Å². The highest BCUT2D eigenvalue weighted by Crippen LogP contribution is 2.19. The molecule has 4 nitrogen and oxygen atoms in total. The van der Waals surface area contributed by atoms with Crippen LogP contribution >= 0.6 is 0 Å². The summed E-state index contributed by atoms with van der Waals surface area (Å²) < 4.78 is 1.70. The number of rotatable bonds is 4. The first-order valence-electron chi connectivity index (χ1n) is 9.58. The van der Waals surface area contributed by atoms with Crippen LogP contribution in [0.15, 0.2) is 77.6 Å². The lowest BCUT2D eigenvalue weighted by atomic mass is 10.1. The summed E-state index contributed by atoms with van der Waals surface area (Å²) in [7, 11) is 4.04. The Bertz CT molecular complexity index is 1250. The Kier molecular flexibility index (Phi) is 5.00. The third-order valence-corrected chi connectivity index (χ3v) is 4.99. The molecule has 0 unspecified atom stereocenters. The second-order valence-electron chi connectivity index (χ2n) is 7.23. The van der Waals surface area contributed by atoms with Gasteiger partial charge in [0.2, 0.25) is 0 Å². The molecule has 4 heteroatoms. The Balaban J connectivity index is 1.88. The van der Waals surface area contributed by atoms with Crippen molar-refractivity contribution in [2.45, 2.75) is 6.92 Å². The predicted octanol–water partition coefficient (Wildman–Crippen LogP) is 4.93. The van der Waals surface area contributed by atoms with Gasteiger partial charge in [0.1, 0.15) is 5.82 Å². The van der Waals surface area contributed by atoms with Crippen LogP contribution in [-0.2, 0) is 0 Å². The van der Waals surface area contributed by atoms with E-state index >= 15 is 0 Å². The van der Waals surface area contributed by atoms with Crippen molar-refractivity contribution in [1.82, 2.24) is 9.55 Å². The molecule has 0 bridgehead atoms. The van der Waals surface area contributed by atoms with E-state index in [4.69, 9.17) is 4.98 Å². The molecule has 0 radical (unpaired) electrons. The number of aryl methyl sites for hydroxylation is 1. The molecule has 0 atom stereocenters. The standard InChI is InChI=1S/C25H23N3O/c1-18-8-4-7-11-23(18)28-24(26-22-10-6-5-9-21(22)25(28)29)17-14-19-12-15-20(16-13-19)27(2)3/h4-17H,1-3H3. The Morgan fingerprint density at radius 1 is 0.862 bits per heavy atom. The van der Waals surface area contributed by atoms with Gasteiger partial charge in [0.25, 0.3) is 5.56 Å². The Morgan fingerprint density at radius 2 is 1.55 bits per heavy atom. The second kappa shape index (κ2) is 7.76. The lowest BCUT2D eigenvalue weighted by Gasteiger charge is -2.14. The first-order chi connectivity index (χ1) is 14.0. The topological polar surface area (TPSA) is 38.1 Å². The van der Waals surface area contributed by atoms with Gasteiger partial charge in [-0.3, -0.25) is 9.36 Å². The average molecular weight is 381 g/mol. The van der Waals surface area contributed by atoms with Crippen LogP contribution in [-0.4, -0.2) is 23.6 Å². The molecule has 4 aromatic rings. The molecule has 0 aliphatic carbocycles. The van der Waals surface area contributed by atoms with Crippen molar-refractivity contribution in [2.24, 2.45) is 0 Å². The summed E-state index contributed by atoms with van der Waals surface area (Å²) in [5.41, 5.74) is 4.70. The number of nitrogens with zero attached hydrogens (tertiary/aromatic N) is 3. The minimum Gasteiger partial charge on any atom is -0.378 e. The van der Waals surface area contributed by atoms with Crippen LogP contribution in [0.2, 0.25) is 0 Å². The summed E-state index contributed by atoms with van der Waals surface area (Å²) in [6.45, 7) is 2.00. The zero-order valence-electron chi connectivity index (χ0n) is 16.8. The normalized spacial score (nSPS) is 11.3. The van der Waals surface area contributed by atoms with Gasteiger partial charge in [-0.15, -0.1) is 0 Å². The van der Waals surface area contributed by atoms with Gasteiger partial charge in [-0.1, -0.05) is 48.5 Å². The van der Waals surface area contributed by atoms with E-state index in [9.17, 15) is 4.79 Å². The zero-order valence-corrected chi connectivity index (χ0v) is 16.8. The van der Waals surface area contributed by atoms with Crippen LogP contribution in [0.3, 0.4) is 0 Å². The molecule has 1 aromatic heterocycles. The predicted molar refractivity (Wildman–Crippen MR) is 122 cm³/mol. The maximum Gasteiger partial charge on any atom is 0.266 e. The molecule has 144 valence electrons. The van der Waals surface area contributed by atoms with Crippen LogP contribution in [0.5, 0.6) is 0 Å². The first-order valence-corrected chi connectivity index (χ1v) is 9.58. The molecule has 0 aliphatic rings. The summed E-state index contributed by atoms with van der Waals surface area (Å²) in [4.78, 5) is 20.2. The second-order valence-corrected chi connectivity index (χ2v) is 7.23. The van der Waals surface area contributed by atoms with Gasteiger partial charge in [0.05, 0.1) is 16.6 Å². The summed E-state index contributed by atoms with van der Waals surface area (Å²) in [5, 5.41) is 0.614. The van der Waals surface area contributed by atoms with E-state index in [1.165, 1.54) is 0 Å². The highest BCUT2D eigenvalue weighted by Gasteiger charge is 2.12. The van der Waals surface area contributed by atoms with Gasteiger partial charge >= 0.3 is 0 Å². The van der Waals surface area contributed by atoms with E-state index in [1.54, 1.807) is 4.57 Å². The van der Waals surface area contributed by atoms with Crippen molar-refractivity contribution in [3.05, 3.63) is 100 Å². The number of para-hydroxylation sites is 2. The molecule has 0 spiro atoms. The van der Waals surface area contributed by atoms with Crippen molar-refractivity contribution in [3.8, 4) is 5.69 Å². The van der Waals surface area contributed by atoms with E-state index in [2.05, 4.69) is 29.2 Å². The SMILES string of the molecule is Cc1ccccc1-n1c(C=Cc2ccc(N(C)C)cc2)nc2ccccc2c1=O. The fraction of sp³-hybridized carbons (Fsp3) is 0.120. The van der Waals surface area contributed by atoms with Crippen molar-refractivity contribution in [2.75, 3.05) is 19.0 Å². The van der Waals surface area contributed by atoms with Gasteiger partial charge in [-0.05, 0) is 54.5 Å². The highest BCUT2D eigenvalue weighted by molar-refractivity contribution is 5.80. The molecule has 4 rings (SSSR count). The molecule has 29 heavy (non-hydrogen) atoms. The molecular formula is C25H23N3O. The van der Waals surface area contributed by atoms with Crippen LogP contribution in [0.4, 0.5) is 5.69 Å². The van der Waals surface area contributed by atoms with Crippen molar-refractivity contribution >= 4 is 28.7 Å². The summed E-state index contributed by atoms with van der Waals surface area (Å²) in [6, 6.07) is 23.6. The quantitative estimate of drug-likeness (QED) is 0.503. The minimum atomic E-state index is -0.0625. The Morgan fingerprint density at radius 3 is 2.28 bits per heavy atom. The van der Waals surface area contributed by atoms with Crippen LogP contribution in [0.1, 0.15) is 17.0 Å². The number of benzene rings is 3. The fourth-order valence-electron chi connectivity index (χ4n) is 3.36. The van der Waals surface area contributed by atoms with Gasteiger partial charge in [-0.25, -0.2) is 4.98 Å². The molecule has 0 saturated heterocycles. The molecule has 0 N–H and O–H groups in total. The summed E-state index contributed by atoms with van der Waals surface area (Å²) in [5.74, 6) is 0.611. The van der Waals surface area contributed by atoms with Crippen molar-refractivity contribution in [1.29, 1.82) is 0 Å². The maximum atomic E-state index is 13.3. The van der Waals surface area contributed by atoms with Gasteiger partial charge in [0.15, 0.2) is 0 Å². The molecule has 0 fully saturated rings. The highest BCUT2D eigenvalue weighted by atomic mass is 16.1. The van der Waals surface area contributed by atoms with Crippen LogP contribution in [0, 0.1) is 6.92 Å². The number of hydrogen-bond donors (Lipinski definition) is 0. The molecule has 0 saturated carbocycles. The van der Waals surface area contributed by atoms with Crippen molar-refractivity contribution in [3.63, 3.8) is 0 Å². The third kappa shape index (κ3) is 3.69. The lowest BCUT2D eigenvalue weighted by molar-refractivity contribution is 0.934.